The third-order valence-corrected chi connectivity index (χ3v) is 5.65. The molecular weight excluding hydrogens is 434 g/mol. The van der Waals surface area contributed by atoms with Crippen LogP contribution in [0.4, 0.5) is 17.3 Å². The van der Waals surface area contributed by atoms with Crippen molar-refractivity contribution in [2.24, 2.45) is 10.2 Å². The molecule has 0 radical (unpaired) electrons. The standard InChI is InChI=1S/C21H21N5O5S/c1-13-11-14(2)23-21(22-13)26-32(30,31)18-7-4-16(5-8-18)24-25-17-6-9-19(27)15(12-17)3-10-20(28)29/h4-9,11-12,27H,3,10H2,1-2H3,(H,28,29)(H,22,23,26). The van der Waals surface area contributed by atoms with E-state index in [1.54, 1.807) is 26.0 Å². The molecular formula is C21H21N5O5S. The van der Waals surface area contributed by atoms with Gasteiger partial charge in [-0.25, -0.2) is 23.1 Å². The zero-order valence-corrected chi connectivity index (χ0v) is 18.2. The van der Waals surface area contributed by atoms with E-state index < -0.39 is 16.0 Å². The Morgan fingerprint density at radius 2 is 1.56 bits per heavy atom. The maximum atomic E-state index is 12.6. The molecule has 0 spiro atoms. The van der Waals surface area contributed by atoms with E-state index in [2.05, 4.69) is 24.9 Å². The van der Waals surface area contributed by atoms with Gasteiger partial charge in [0, 0.05) is 17.8 Å². The molecule has 0 atom stereocenters. The second kappa shape index (κ2) is 9.52. The van der Waals surface area contributed by atoms with Crippen LogP contribution in [0.5, 0.6) is 5.75 Å². The van der Waals surface area contributed by atoms with Gasteiger partial charge in [0.05, 0.1) is 16.3 Å². The van der Waals surface area contributed by atoms with E-state index in [-0.39, 0.29) is 29.4 Å². The van der Waals surface area contributed by atoms with Gasteiger partial charge in [-0.3, -0.25) is 4.79 Å². The molecule has 0 bridgehead atoms. The summed E-state index contributed by atoms with van der Waals surface area (Å²) < 4.78 is 27.5. The van der Waals surface area contributed by atoms with Crippen LogP contribution in [0.3, 0.4) is 0 Å². The Morgan fingerprint density at radius 1 is 0.969 bits per heavy atom. The number of benzene rings is 2. The van der Waals surface area contributed by atoms with Crippen LogP contribution < -0.4 is 4.72 Å². The van der Waals surface area contributed by atoms with Crippen LogP contribution in [0.1, 0.15) is 23.4 Å². The molecule has 0 saturated heterocycles. The van der Waals surface area contributed by atoms with Crippen LogP contribution in [0.2, 0.25) is 0 Å². The third kappa shape index (κ3) is 6.08. The Balaban J connectivity index is 1.73. The van der Waals surface area contributed by atoms with E-state index in [4.69, 9.17) is 5.11 Å². The van der Waals surface area contributed by atoms with Gasteiger partial charge in [0.2, 0.25) is 5.95 Å². The van der Waals surface area contributed by atoms with Gasteiger partial charge in [-0.05, 0) is 74.4 Å². The Hall–Kier alpha value is -3.86. The first-order valence-electron chi connectivity index (χ1n) is 9.53. The van der Waals surface area contributed by atoms with Gasteiger partial charge in [-0.15, -0.1) is 0 Å². The molecule has 0 aliphatic heterocycles. The van der Waals surface area contributed by atoms with Gasteiger partial charge < -0.3 is 10.2 Å². The Morgan fingerprint density at radius 3 is 2.19 bits per heavy atom. The number of aromatic hydroxyl groups is 1. The second-order valence-electron chi connectivity index (χ2n) is 6.98. The summed E-state index contributed by atoms with van der Waals surface area (Å²) >= 11 is 0. The molecule has 0 aliphatic rings. The highest BCUT2D eigenvalue weighted by Crippen LogP contribution is 2.26. The SMILES string of the molecule is Cc1cc(C)nc(NS(=O)(=O)c2ccc(N=Nc3ccc(O)c(CCC(=O)O)c3)cc2)n1. The lowest BCUT2D eigenvalue weighted by molar-refractivity contribution is -0.136. The number of hydrogen-bond donors (Lipinski definition) is 3. The van der Waals surface area contributed by atoms with E-state index in [1.807, 2.05) is 0 Å². The van der Waals surface area contributed by atoms with Gasteiger partial charge in [0.1, 0.15) is 5.75 Å². The third-order valence-electron chi connectivity index (χ3n) is 4.31. The number of carboxylic acid groups (broad SMARTS) is 1. The number of hydrogen-bond acceptors (Lipinski definition) is 8. The summed E-state index contributed by atoms with van der Waals surface area (Å²) in [7, 11) is -3.88. The molecule has 0 amide bonds. The highest BCUT2D eigenvalue weighted by Gasteiger charge is 2.16. The van der Waals surface area contributed by atoms with Gasteiger partial charge in [-0.1, -0.05) is 0 Å². The second-order valence-corrected chi connectivity index (χ2v) is 8.66. The molecule has 3 aromatic rings. The molecule has 0 unspecified atom stereocenters. The molecule has 3 rings (SSSR count). The predicted octanol–water partition coefficient (Wildman–Crippen LogP) is 4.03. The maximum Gasteiger partial charge on any atom is 0.303 e. The summed E-state index contributed by atoms with van der Waals surface area (Å²) in [5.41, 5.74) is 2.57. The Kier molecular flexibility index (Phi) is 6.79. The predicted molar refractivity (Wildman–Crippen MR) is 117 cm³/mol. The first kappa shape index (κ1) is 22.8. The number of anilines is 1. The smallest absolute Gasteiger partial charge is 0.303 e. The lowest BCUT2D eigenvalue weighted by Gasteiger charge is -2.08. The van der Waals surface area contributed by atoms with E-state index in [0.29, 0.717) is 28.3 Å². The van der Waals surface area contributed by atoms with E-state index in [9.17, 15) is 18.3 Å². The van der Waals surface area contributed by atoms with Crippen LogP contribution in [0.15, 0.2) is 63.7 Å². The molecule has 3 N–H and O–H groups in total. The molecule has 32 heavy (non-hydrogen) atoms. The Bertz CT molecular complexity index is 1250. The van der Waals surface area contributed by atoms with Crippen molar-refractivity contribution in [1.82, 2.24) is 9.97 Å². The number of carboxylic acids is 1. The van der Waals surface area contributed by atoms with Crippen molar-refractivity contribution in [2.75, 3.05) is 4.72 Å². The first-order chi connectivity index (χ1) is 15.1. The van der Waals surface area contributed by atoms with Crippen LogP contribution in [-0.4, -0.2) is 34.6 Å². The minimum absolute atomic E-state index is 0.00250. The minimum Gasteiger partial charge on any atom is -0.508 e. The quantitative estimate of drug-likeness (QED) is 0.433. The summed E-state index contributed by atoms with van der Waals surface area (Å²) in [5, 5.41) is 26.8. The largest absolute Gasteiger partial charge is 0.508 e. The molecule has 0 saturated carbocycles. The fourth-order valence-electron chi connectivity index (χ4n) is 2.83. The number of nitrogens with one attached hydrogen (secondary N) is 1. The average Bonchev–Trinajstić information content (AvgIpc) is 2.71. The number of rotatable bonds is 8. The van der Waals surface area contributed by atoms with Crippen LogP contribution in [0, 0.1) is 13.8 Å². The fourth-order valence-corrected chi connectivity index (χ4v) is 3.78. The fraction of sp³-hybridized carbons (Fsp3) is 0.190. The van der Waals surface area contributed by atoms with Crippen molar-refractivity contribution < 1.29 is 23.4 Å². The lowest BCUT2D eigenvalue weighted by Crippen LogP contribution is -2.15. The highest BCUT2D eigenvalue weighted by atomic mass is 32.2. The van der Waals surface area contributed by atoms with Gasteiger partial charge in [-0.2, -0.15) is 10.2 Å². The summed E-state index contributed by atoms with van der Waals surface area (Å²) in [5.74, 6) is -0.984. The van der Waals surface area contributed by atoms with Gasteiger partial charge >= 0.3 is 5.97 Å². The van der Waals surface area contributed by atoms with E-state index in [0.717, 1.165) is 0 Å². The molecule has 166 valence electrons. The number of aliphatic carboxylic acids is 1. The van der Waals surface area contributed by atoms with Gasteiger partial charge in [0.25, 0.3) is 10.0 Å². The van der Waals surface area contributed by atoms with Gasteiger partial charge in [0.15, 0.2) is 0 Å². The zero-order chi connectivity index (χ0) is 23.3. The van der Waals surface area contributed by atoms with Crippen molar-refractivity contribution in [3.05, 3.63) is 65.5 Å². The van der Waals surface area contributed by atoms with Crippen LogP contribution >= 0.6 is 0 Å². The number of phenolic OH excluding ortho intramolecular Hbond substituents is 1. The van der Waals surface area contributed by atoms with Crippen molar-refractivity contribution >= 4 is 33.3 Å². The molecule has 11 heteroatoms. The maximum absolute atomic E-state index is 12.6. The van der Waals surface area contributed by atoms with Crippen molar-refractivity contribution in [3.63, 3.8) is 0 Å². The lowest BCUT2D eigenvalue weighted by atomic mass is 10.1. The number of sulfonamides is 1. The summed E-state index contributed by atoms with van der Waals surface area (Å²) in [6.07, 6.45) is 0.0412. The minimum atomic E-state index is -3.88. The molecule has 1 aromatic heterocycles. The number of carbonyl (C=O) groups is 1. The highest BCUT2D eigenvalue weighted by molar-refractivity contribution is 7.92. The molecule has 10 nitrogen and oxygen atoms in total. The number of aryl methyl sites for hydroxylation is 3. The molecule has 0 aliphatic carbocycles. The molecule has 0 fully saturated rings. The topological polar surface area (TPSA) is 154 Å². The van der Waals surface area contributed by atoms with Crippen molar-refractivity contribution in [2.45, 2.75) is 31.6 Å². The number of nitrogens with zero attached hydrogens (tertiary/aromatic N) is 4. The monoisotopic (exact) mass is 455 g/mol. The average molecular weight is 455 g/mol. The summed E-state index contributed by atoms with van der Waals surface area (Å²) in [6, 6.07) is 12.0. The number of phenols is 1. The number of azo groups is 1. The van der Waals surface area contributed by atoms with E-state index >= 15 is 0 Å². The summed E-state index contributed by atoms with van der Waals surface area (Å²) in [4.78, 5) is 18.9. The van der Waals surface area contributed by atoms with Crippen molar-refractivity contribution in [3.8, 4) is 5.75 Å². The normalized spacial score (nSPS) is 11.6. The molecule has 1 heterocycles. The zero-order valence-electron chi connectivity index (χ0n) is 17.3. The Labute approximate surface area is 184 Å². The number of aromatic nitrogens is 2. The first-order valence-corrected chi connectivity index (χ1v) is 11.0. The van der Waals surface area contributed by atoms with Crippen LogP contribution in [-0.2, 0) is 21.2 Å². The molecule has 2 aromatic carbocycles. The summed E-state index contributed by atoms with van der Waals surface area (Å²) in [6.45, 7) is 3.49. The van der Waals surface area contributed by atoms with Crippen LogP contribution in [0.25, 0.3) is 0 Å². The van der Waals surface area contributed by atoms with E-state index in [1.165, 1.54) is 36.4 Å². The van der Waals surface area contributed by atoms with Crippen molar-refractivity contribution in [1.29, 1.82) is 0 Å².